The van der Waals surface area contributed by atoms with Gasteiger partial charge < -0.3 is 5.73 Å². The van der Waals surface area contributed by atoms with Gasteiger partial charge in [0, 0.05) is 5.56 Å². The number of anilines is 1. The monoisotopic (exact) mass is 439 g/mol. The molecule has 2 N–H and O–H groups in total. The molecule has 0 unspecified atom stereocenters. The van der Waals surface area contributed by atoms with Gasteiger partial charge in [-0.1, -0.05) is 55.5 Å². The predicted molar refractivity (Wildman–Crippen MR) is 120 cm³/mol. The summed E-state index contributed by atoms with van der Waals surface area (Å²) in [6, 6.07) is 19.6. The zero-order valence-corrected chi connectivity index (χ0v) is 18.1. The van der Waals surface area contributed by atoms with Crippen LogP contribution in [0.2, 0.25) is 0 Å². The molecule has 0 fully saturated rings. The third kappa shape index (κ3) is 5.94. The summed E-state index contributed by atoms with van der Waals surface area (Å²) in [5.41, 5.74) is 11.6. The molecule has 0 saturated carbocycles. The number of carbonyl (C=O) groups excluding carboxylic acids is 2. The molecule has 2 heterocycles. The maximum Gasteiger partial charge on any atom is 0.373 e. The van der Waals surface area contributed by atoms with Crippen LogP contribution in [0.15, 0.2) is 60.8 Å². The minimum Gasteiger partial charge on any atom is -0.368 e. The quantitative estimate of drug-likeness (QED) is 0.498. The van der Waals surface area contributed by atoms with E-state index in [9.17, 15) is 0 Å². The Balaban J connectivity index is 0.000000968. The van der Waals surface area contributed by atoms with Crippen molar-refractivity contribution in [3.63, 3.8) is 0 Å². The Morgan fingerprint density at radius 1 is 1.00 bits per heavy atom. The van der Waals surface area contributed by atoms with E-state index in [1.165, 1.54) is 5.56 Å². The minimum atomic E-state index is 0.143. The molecule has 0 aliphatic carbocycles. The number of nitrogens with two attached hydrogens (primary N) is 1. The van der Waals surface area contributed by atoms with Gasteiger partial charge in [0.15, 0.2) is 0 Å². The molecule has 0 aliphatic rings. The first-order valence-electron chi connectivity index (χ1n) is 10.1. The van der Waals surface area contributed by atoms with Crippen molar-refractivity contribution in [2.45, 2.75) is 26.3 Å². The van der Waals surface area contributed by atoms with Crippen LogP contribution in [0.1, 0.15) is 36.5 Å². The van der Waals surface area contributed by atoms with E-state index in [0.717, 1.165) is 11.1 Å². The first-order valence-corrected chi connectivity index (χ1v) is 10.1. The third-order valence-corrected chi connectivity index (χ3v) is 4.79. The lowest BCUT2D eigenvalue weighted by Gasteiger charge is -2.08. The van der Waals surface area contributed by atoms with Crippen molar-refractivity contribution in [1.82, 2.24) is 25.0 Å². The van der Waals surface area contributed by atoms with Gasteiger partial charge >= 0.3 is 6.15 Å². The first-order chi connectivity index (χ1) is 15.9. The van der Waals surface area contributed by atoms with Crippen molar-refractivity contribution in [3.8, 4) is 28.7 Å². The number of nitrogens with zero attached hydrogens (tertiary/aromatic N) is 6. The topological polar surface area (TPSA) is 140 Å². The van der Waals surface area contributed by atoms with Gasteiger partial charge in [-0.25, -0.2) is 14.6 Å². The Bertz CT molecular complexity index is 1330. The van der Waals surface area contributed by atoms with Crippen LogP contribution in [0.25, 0.3) is 22.6 Å². The van der Waals surface area contributed by atoms with E-state index in [0.29, 0.717) is 35.1 Å². The number of benzene rings is 2. The molecule has 0 bridgehead atoms. The van der Waals surface area contributed by atoms with Crippen LogP contribution in [-0.2, 0) is 16.1 Å². The zero-order chi connectivity index (χ0) is 23.8. The largest absolute Gasteiger partial charge is 0.373 e. The summed E-state index contributed by atoms with van der Waals surface area (Å²) in [5.74, 6) is 0.613. The standard InChI is InChI=1S/C23H21N7.CO2/c1-15(2)18-7-4-6-17(10-18)13-30-14-22(28-29-30)21-11-20(26-23(25)27-21)19-8-3-5-16(9-19)12-24;2-1-3/h3-11,14-15H,13H2,1-2H3,(H2,25,26,27);. The molecule has 0 spiro atoms. The highest BCUT2D eigenvalue weighted by Gasteiger charge is 2.11. The molecular formula is C24H21N7O2. The van der Waals surface area contributed by atoms with Gasteiger partial charge in [-0.05, 0) is 35.2 Å². The molecule has 2 aromatic carbocycles. The summed E-state index contributed by atoms with van der Waals surface area (Å²) in [7, 11) is 0. The number of nitriles is 1. The maximum absolute atomic E-state index is 9.14. The van der Waals surface area contributed by atoms with Gasteiger partial charge in [0.05, 0.1) is 35.8 Å². The van der Waals surface area contributed by atoms with Gasteiger partial charge in [0.25, 0.3) is 0 Å². The van der Waals surface area contributed by atoms with Crippen LogP contribution < -0.4 is 5.73 Å². The molecule has 4 aromatic rings. The van der Waals surface area contributed by atoms with E-state index >= 15 is 0 Å². The summed E-state index contributed by atoms with van der Waals surface area (Å²) in [6.07, 6.45) is 2.10. The van der Waals surface area contributed by atoms with Gasteiger partial charge in [0.1, 0.15) is 5.69 Å². The highest BCUT2D eigenvalue weighted by Crippen LogP contribution is 2.24. The highest BCUT2D eigenvalue weighted by atomic mass is 16.2. The molecule has 164 valence electrons. The molecule has 0 atom stereocenters. The summed E-state index contributed by atoms with van der Waals surface area (Å²) in [6.45, 7) is 4.97. The van der Waals surface area contributed by atoms with E-state index in [1.807, 2.05) is 18.3 Å². The van der Waals surface area contributed by atoms with Gasteiger partial charge in [-0.2, -0.15) is 14.9 Å². The van der Waals surface area contributed by atoms with E-state index in [1.54, 1.807) is 22.9 Å². The van der Waals surface area contributed by atoms with Crippen LogP contribution in [0.3, 0.4) is 0 Å². The lowest BCUT2D eigenvalue weighted by atomic mass is 10.0. The molecule has 33 heavy (non-hydrogen) atoms. The summed E-state index contributed by atoms with van der Waals surface area (Å²) >= 11 is 0. The van der Waals surface area contributed by atoms with E-state index < -0.39 is 0 Å². The molecule has 0 saturated heterocycles. The molecule has 0 radical (unpaired) electrons. The number of aromatic nitrogens is 5. The second kappa shape index (κ2) is 10.6. The third-order valence-electron chi connectivity index (χ3n) is 4.79. The van der Waals surface area contributed by atoms with Crippen molar-refractivity contribution in [3.05, 3.63) is 77.5 Å². The van der Waals surface area contributed by atoms with Gasteiger partial charge in [-0.3, -0.25) is 0 Å². The van der Waals surface area contributed by atoms with Crippen LogP contribution in [-0.4, -0.2) is 31.1 Å². The number of nitrogen functional groups attached to an aromatic ring is 1. The molecule has 4 rings (SSSR count). The summed E-state index contributed by atoms with van der Waals surface area (Å²) in [4.78, 5) is 24.9. The minimum absolute atomic E-state index is 0.143. The van der Waals surface area contributed by atoms with Crippen molar-refractivity contribution < 1.29 is 9.59 Å². The Morgan fingerprint density at radius 3 is 2.45 bits per heavy atom. The van der Waals surface area contributed by atoms with Crippen molar-refractivity contribution >= 4 is 12.1 Å². The van der Waals surface area contributed by atoms with Crippen LogP contribution >= 0.6 is 0 Å². The van der Waals surface area contributed by atoms with Crippen LogP contribution in [0.4, 0.5) is 5.95 Å². The lowest BCUT2D eigenvalue weighted by Crippen LogP contribution is -2.01. The number of hydrogen-bond donors (Lipinski definition) is 1. The summed E-state index contributed by atoms with van der Waals surface area (Å²) < 4.78 is 1.78. The Morgan fingerprint density at radius 2 is 1.73 bits per heavy atom. The Labute approximate surface area is 190 Å². The maximum atomic E-state index is 9.14. The number of rotatable bonds is 5. The SMILES string of the molecule is CC(C)c1cccc(Cn2cc(-c3cc(-c4cccc(C#N)c4)nc(N)n3)nn2)c1.O=C=O. The van der Waals surface area contributed by atoms with Crippen LogP contribution in [0.5, 0.6) is 0 Å². The second-order valence-electron chi connectivity index (χ2n) is 7.47. The fourth-order valence-corrected chi connectivity index (χ4v) is 3.22. The average Bonchev–Trinajstić information content (AvgIpc) is 3.28. The highest BCUT2D eigenvalue weighted by molar-refractivity contribution is 5.68. The Kier molecular flexibility index (Phi) is 7.37. The lowest BCUT2D eigenvalue weighted by molar-refractivity contribution is -0.191. The van der Waals surface area contributed by atoms with E-state index in [2.05, 4.69) is 64.5 Å². The van der Waals surface area contributed by atoms with Crippen molar-refractivity contribution in [2.24, 2.45) is 0 Å². The second-order valence-corrected chi connectivity index (χ2v) is 7.47. The summed E-state index contributed by atoms with van der Waals surface area (Å²) in [5, 5.41) is 17.6. The van der Waals surface area contributed by atoms with E-state index in [4.69, 9.17) is 20.6 Å². The van der Waals surface area contributed by atoms with Gasteiger partial charge in [-0.15, -0.1) is 5.10 Å². The molecule has 0 aliphatic heterocycles. The van der Waals surface area contributed by atoms with E-state index in [-0.39, 0.29) is 12.1 Å². The number of hydrogen-bond acceptors (Lipinski definition) is 8. The average molecular weight is 439 g/mol. The van der Waals surface area contributed by atoms with Crippen LogP contribution in [0, 0.1) is 11.3 Å². The van der Waals surface area contributed by atoms with Gasteiger partial charge in [0.2, 0.25) is 5.95 Å². The fraction of sp³-hybridized carbons (Fsp3) is 0.167. The van der Waals surface area contributed by atoms with Crippen molar-refractivity contribution in [1.29, 1.82) is 5.26 Å². The fourth-order valence-electron chi connectivity index (χ4n) is 3.22. The normalized spacial score (nSPS) is 10.1. The molecule has 9 nitrogen and oxygen atoms in total. The zero-order valence-electron chi connectivity index (χ0n) is 18.1. The first kappa shape index (κ1) is 23.0. The molecule has 0 amide bonds. The van der Waals surface area contributed by atoms with Crippen molar-refractivity contribution in [2.75, 3.05) is 5.73 Å². The molecular weight excluding hydrogens is 418 g/mol. The molecule has 9 heteroatoms. The predicted octanol–water partition coefficient (Wildman–Crippen LogP) is 3.44. The molecule has 2 aromatic heterocycles. The Hall–Kier alpha value is -4.67. The smallest absolute Gasteiger partial charge is 0.368 e.